The van der Waals surface area contributed by atoms with Crippen molar-refractivity contribution >= 4 is 5.97 Å². The predicted octanol–water partition coefficient (Wildman–Crippen LogP) is 2.60. The summed E-state index contributed by atoms with van der Waals surface area (Å²) in [6.45, 7) is 7.93. The van der Waals surface area contributed by atoms with Crippen LogP contribution in [0.2, 0.25) is 0 Å². The molecular formula is C17H24N4O2. The molecule has 1 aromatic heterocycles. The minimum absolute atomic E-state index is 0.104. The van der Waals surface area contributed by atoms with Gasteiger partial charge < -0.3 is 4.74 Å². The van der Waals surface area contributed by atoms with E-state index in [0.29, 0.717) is 0 Å². The van der Waals surface area contributed by atoms with E-state index in [9.17, 15) is 4.79 Å². The molecule has 0 N–H and O–H groups in total. The molecule has 0 fully saturated rings. The standard InChI is InChI=1S/C17H24N4O2/c1-13(20(5)10-16(22)23-17(2,3)4)14-6-8-15(9-7-14)21-12-18-11-19-21/h6-9,11-13H,10H2,1-5H3/t13-/m0/s1. The number of rotatable bonds is 5. The van der Waals surface area contributed by atoms with Crippen molar-refractivity contribution in [2.75, 3.05) is 13.6 Å². The molecular weight excluding hydrogens is 292 g/mol. The van der Waals surface area contributed by atoms with Crippen molar-refractivity contribution in [3.05, 3.63) is 42.5 Å². The van der Waals surface area contributed by atoms with E-state index in [1.165, 1.54) is 6.33 Å². The highest BCUT2D eigenvalue weighted by molar-refractivity contribution is 5.72. The van der Waals surface area contributed by atoms with E-state index in [1.54, 1.807) is 11.0 Å². The number of aromatic nitrogens is 3. The van der Waals surface area contributed by atoms with E-state index in [4.69, 9.17) is 4.74 Å². The molecule has 1 aromatic carbocycles. The maximum atomic E-state index is 11.9. The van der Waals surface area contributed by atoms with Crippen molar-refractivity contribution < 1.29 is 9.53 Å². The van der Waals surface area contributed by atoms with Crippen molar-refractivity contribution in [2.24, 2.45) is 0 Å². The van der Waals surface area contributed by atoms with Gasteiger partial charge in [0.05, 0.1) is 12.2 Å². The summed E-state index contributed by atoms with van der Waals surface area (Å²) < 4.78 is 7.07. The maximum absolute atomic E-state index is 11.9. The second-order valence-corrected chi connectivity index (χ2v) is 6.61. The summed E-state index contributed by atoms with van der Waals surface area (Å²) in [4.78, 5) is 17.8. The Balaban J connectivity index is 1.99. The van der Waals surface area contributed by atoms with E-state index >= 15 is 0 Å². The normalized spacial score (nSPS) is 13.1. The van der Waals surface area contributed by atoms with Crippen molar-refractivity contribution in [3.63, 3.8) is 0 Å². The number of ether oxygens (including phenoxy) is 1. The van der Waals surface area contributed by atoms with Crippen LogP contribution in [0, 0.1) is 0 Å². The lowest BCUT2D eigenvalue weighted by molar-refractivity contribution is -0.156. The van der Waals surface area contributed by atoms with Crippen LogP contribution < -0.4 is 0 Å². The number of nitrogens with zero attached hydrogens (tertiary/aromatic N) is 4. The Bertz CT molecular complexity index is 630. The van der Waals surface area contributed by atoms with Gasteiger partial charge in [0.15, 0.2) is 0 Å². The fourth-order valence-electron chi connectivity index (χ4n) is 2.22. The Labute approximate surface area is 137 Å². The molecule has 2 aromatic rings. The highest BCUT2D eigenvalue weighted by atomic mass is 16.6. The van der Waals surface area contributed by atoms with E-state index in [-0.39, 0.29) is 18.6 Å². The molecule has 6 heteroatoms. The third-order valence-corrected chi connectivity index (χ3v) is 3.52. The topological polar surface area (TPSA) is 60.2 Å². The van der Waals surface area contributed by atoms with Crippen LogP contribution in [0.3, 0.4) is 0 Å². The summed E-state index contributed by atoms with van der Waals surface area (Å²) in [7, 11) is 1.92. The molecule has 0 unspecified atom stereocenters. The first-order valence-corrected chi connectivity index (χ1v) is 7.63. The molecule has 6 nitrogen and oxygen atoms in total. The molecule has 0 saturated carbocycles. The summed E-state index contributed by atoms with van der Waals surface area (Å²) >= 11 is 0. The SMILES string of the molecule is C[C@@H](c1ccc(-n2cncn2)cc1)N(C)CC(=O)OC(C)(C)C. The molecule has 0 aliphatic heterocycles. The molecule has 0 saturated heterocycles. The minimum Gasteiger partial charge on any atom is -0.459 e. The molecule has 0 amide bonds. The Morgan fingerprint density at radius 1 is 1.30 bits per heavy atom. The first kappa shape index (κ1) is 17.1. The van der Waals surface area contributed by atoms with E-state index in [0.717, 1.165) is 11.3 Å². The quantitative estimate of drug-likeness (QED) is 0.794. The third kappa shape index (κ3) is 4.89. The molecule has 0 aliphatic rings. The molecule has 0 spiro atoms. The first-order chi connectivity index (χ1) is 10.8. The number of hydrogen-bond donors (Lipinski definition) is 0. The summed E-state index contributed by atoms with van der Waals surface area (Å²) in [5.74, 6) is -0.217. The summed E-state index contributed by atoms with van der Waals surface area (Å²) in [6.07, 6.45) is 3.16. The van der Waals surface area contributed by atoms with Crippen LogP contribution in [-0.2, 0) is 9.53 Å². The van der Waals surface area contributed by atoms with Gasteiger partial charge in [0.25, 0.3) is 0 Å². The van der Waals surface area contributed by atoms with Crippen LogP contribution in [0.5, 0.6) is 0 Å². The summed E-state index contributed by atoms with van der Waals surface area (Å²) in [5, 5.41) is 4.10. The summed E-state index contributed by atoms with van der Waals surface area (Å²) in [6, 6.07) is 8.15. The highest BCUT2D eigenvalue weighted by Crippen LogP contribution is 2.20. The largest absolute Gasteiger partial charge is 0.459 e. The number of carbonyl (C=O) groups excluding carboxylic acids is 1. The van der Waals surface area contributed by atoms with Gasteiger partial charge in [0.2, 0.25) is 0 Å². The molecule has 0 aliphatic carbocycles. The zero-order chi connectivity index (χ0) is 17.0. The Morgan fingerprint density at radius 2 is 1.96 bits per heavy atom. The Hall–Kier alpha value is -2.21. The van der Waals surface area contributed by atoms with Crippen LogP contribution in [0.1, 0.15) is 39.3 Å². The minimum atomic E-state index is -0.458. The zero-order valence-electron chi connectivity index (χ0n) is 14.4. The highest BCUT2D eigenvalue weighted by Gasteiger charge is 2.20. The van der Waals surface area contributed by atoms with Gasteiger partial charge in [-0.2, -0.15) is 5.10 Å². The number of likely N-dealkylation sites (N-methyl/N-ethyl adjacent to an activating group) is 1. The third-order valence-electron chi connectivity index (χ3n) is 3.52. The van der Waals surface area contributed by atoms with Crippen LogP contribution in [-0.4, -0.2) is 44.8 Å². The van der Waals surface area contributed by atoms with Gasteiger partial charge in [-0.15, -0.1) is 0 Å². The van der Waals surface area contributed by atoms with Crippen LogP contribution in [0.25, 0.3) is 5.69 Å². The van der Waals surface area contributed by atoms with Gasteiger partial charge in [-0.1, -0.05) is 12.1 Å². The molecule has 1 heterocycles. The lowest BCUT2D eigenvalue weighted by Crippen LogP contribution is -2.34. The van der Waals surface area contributed by atoms with E-state index in [2.05, 4.69) is 17.0 Å². The summed E-state index contributed by atoms with van der Waals surface area (Å²) in [5.41, 5.74) is 1.62. The van der Waals surface area contributed by atoms with Crippen molar-refractivity contribution in [1.82, 2.24) is 19.7 Å². The fraction of sp³-hybridized carbons (Fsp3) is 0.471. The molecule has 0 radical (unpaired) electrons. The molecule has 23 heavy (non-hydrogen) atoms. The average Bonchev–Trinajstić information content (AvgIpc) is 2.98. The molecule has 1 atom stereocenters. The Morgan fingerprint density at radius 3 is 2.48 bits per heavy atom. The molecule has 0 bridgehead atoms. The lowest BCUT2D eigenvalue weighted by Gasteiger charge is -2.26. The molecule has 124 valence electrons. The second kappa shape index (κ2) is 6.91. The lowest BCUT2D eigenvalue weighted by atomic mass is 10.1. The number of esters is 1. The van der Waals surface area contributed by atoms with Crippen molar-refractivity contribution in [3.8, 4) is 5.69 Å². The van der Waals surface area contributed by atoms with E-state index in [1.807, 2.05) is 57.0 Å². The number of hydrogen-bond acceptors (Lipinski definition) is 5. The van der Waals surface area contributed by atoms with Gasteiger partial charge in [0, 0.05) is 6.04 Å². The van der Waals surface area contributed by atoms with Crippen molar-refractivity contribution in [2.45, 2.75) is 39.3 Å². The van der Waals surface area contributed by atoms with Crippen molar-refractivity contribution in [1.29, 1.82) is 0 Å². The fourth-order valence-corrected chi connectivity index (χ4v) is 2.22. The number of carbonyl (C=O) groups is 1. The van der Waals surface area contributed by atoms with Crippen LogP contribution in [0.4, 0.5) is 0 Å². The van der Waals surface area contributed by atoms with Gasteiger partial charge in [0.1, 0.15) is 18.3 Å². The monoisotopic (exact) mass is 316 g/mol. The van der Waals surface area contributed by atoms with E-state index < -0.39 is 5.60 Å². The van der Waals surface area contributed by atoms with Gasteiger partial charge >= 0.3 is 5.97 Å². The Kier molecular flexibility index (Phi) is 5.15. The number of benzene rings is 1. The second-order valence-electron chi connectivity index (χ2n) is 6.61. The first-order valence-electron chi connectivity index (χ1n) is 7.63. The van der Waals surface area contributed by atoms with Gasteiger partial charge in [-0.05, 0) is 52.4 Å². The smallest absolute Gasteiger partial charge is 0.320 e. The molecule has 2 rings (SSSR count). The van der Waals surface area contributed by atoms with Crippen LogP contribution >= 0.6 is 0 Å². The zero-order valence-corrected chi connectivity index (χ0v) is 14.4. The average molecular weight is 316 g/mol. The van der Waals surface area contributed by atoms with Gasteiger partial charge in [-0.25, -0.2) is 9.67 Å². The predicted molar refractivity (Wildman–Crippen MR) is 88.2 cm³/mol. The maximum Gasteiger partial charge on any atom is 0.320 e. The van der Waals surface area contributed by atoms with Crippen LogP contribution in [0.15, 0.2) is 36.9 Å². The van der Waals surface area contributed by atoms with Gasteiger partial charge in [-0.3, -0.25) is 9.69 Å².